The third-order valence-electron chi connectivity index (χ3n) is 1.81. The Bertz CT molecular complexity index is 512. The molecule has 0 bridgehead atoms. The van der Waals surface area contributed by atoms with Gasteiger partial charge in [0.2, 0.25) is 0 Å². The third kappa shape index (κ3) is 1.28. The van der Waals surface area contributed by atoms with Crippen molar-refractivity contribution in [2.24, 2.45) is 5.73 Å². The topological polar surface area (TPSA) is 68.9 Å². The molecule has 0 atom stereocenters. The van der Waals surface area contributed by atoms with Gasteiger partial charge in [-0.15, -0.1) is 0 Å². The number of hydrogen-bond donors (Lipinski definition) is 1. The molecule has 2 N–H and O–H groups in total. The summed E-state index contributed by atoms with van der Waals surface area (Å²) in [6.07, 6.45) is 2.42. The molecule has 0 aliphatic rings. The number of primary amides is 1. The van der Waals surface area contributed by atoms with Crippen LogP contribution in [0.25, 0.3) is 11.0 Å². The second-order valence-corrected chi connectivity index (χ2v) is 2.74. The van der Waals surface area contributed by atoms with Crippen molar-refractivity contribution in [3.63, 3.8) is 0 Å². The molecular weight excluding hydrogens is 185 g/mol. The van der Waals surface area contributed by atoms with Crippen molar-refractivity contribution in [3.8, 4) is 0 Å². The van der Waals surface area contributed by atoms with Crippen LogP contribution in [-0.2, 0) is 0 Å². The number of nitrogens with zero attached hydrogens (tertiary/aromatic N) is 2. The van der Waals surface area contributed by atoms with Crippen LogP contribution in [0.15, 0.2) is 24.5 Å². The van der Waals surface area contributed by atoms with Crippen LogP contribution in [0.5, 0.6) is 0 Å². The molecule has 0 radical (unpaired) electrons. The molecule has 2 aromatic heterocycles. The van der Waals surface area contributed by atoms with E-state index in [4.69, 9.17) is 5.73 Å². The number of amides is 1. The lowest BCUT2D eigenvalue weighted by Crippen LogP contribution is -2.12. The molecule has 0 saturated carbocycles. The highest BCUT2D eigenvalue weighted by Gasteiger charge is 2.08. The molecule has 2 heterocycles. The van der Waals surface area contributed by atoms with Gasteiger partial charge in [-0.2, -0.15) is 0 Å². The smallest absolute Gasteiger partial charge is 0.251 e. The first kappa shape index (κ1) is 8.55. The maximum absolute atomic E-state index is 12.8. The summed E-state index contributed by atoms with van der Waals surface area (Å²) < 4.78 is 12.8. The third-order valence-corrected chi connectivity index (χ3v) is 1.81. The SMILES string of the molecule is NC(=O)c1ccnc2cc(F)cnc12. The molecule has 1 amide bonds. The predicted molar refractivity (Wildman–Crippen MR) is 48.0 cm³/mol. The van der Waals surface area contributed by atoms with E-state index in [0.29, 0.717) is 11.0 Å². The van der Waals surface area contributed by atoms with Crippen LogP contribution in [0.1, 0.15) is 10.4 Å². The Morgan fingerprint density at radius 3 is 2.93 bits per heavy atom. The van der Waals surface area contributed by atoms with Gasteiger partial charge in [0.05, 0.1) is 17.3 Å². The van der Waals surface area contributed by atoms with Crippen molar-refractivity contribution in [2.45, 2.75) is 0 Å². The van der Waals surface area contributed by atoms with Crippen LogP contribution in [0, 0.1) is 5.82 Å². The van der Waals surface area contributed by atoms with Crippen molar-refractivity contribution in [1.82, 2.24) is 9.97 Å². The number of rotatable bonds is 1. The molecule has 14 heavy (non-hydrogen) atoms. The number of pyridine rings is 2. The first-order valence-corrected chi connectivity index (χ1v) is 3.88. The van der Waals surface area contributed by atoms with Crippen molar-refractivity contribution in [2.75, 3.05) is 0 Å². The molecule has 0 fully saturated rings. The average Bonchev–Trinajstić information content (AvgIpc) is 2.16. The van der Waals surface area contributed by atoms with Crippen LogP contribution in [-0.4, -0.2) is 15.9 Å². The normalized spacial score (nSPS) is 10.4. The summed E-state index contributed by atoms with van der Waals surface area (Å²) in [5, 5.41) is 0. The lowest BCUT2D eigenvalue weighted by atomic mass is 10.2. The van der Waals surface area contributed by atoms with Gasteiger partial charge < -0.3 is 5.73 Å². The fourth-order valence-electron chi connectivity index (χ4n) is 1.20. The Morgan fingerprint density at radius 2 is 2.21 bits per heavy atom. The second-order valence-electron chi connectivity index (χ2n) is 2.74. The molecule has 0 unspecified atom stereocenters. The quantitative estimate of drug-likeness (QED) is 0.727. The lowest BCUT2D eigenvalue weighted by molar-refractivity contribution is 0.100. The standard InChI is InChI=1S/C9H6FN3O/c10-5-3-7-8(13-4-5)6(9(11)14)1-2-12-7/h1-4H,(H2,11,14). The minimum absolute atomic E-state index is 0.245. The van der Waals surface area contributed by atoms with E-state index in [2.05, 4.69) is 9.97 Å². The Labute approximate surface area is 78.6 Å². The molecule has 4 nitrogen and oxygen atoms in total. The minimum Gasteiger partial charge on any atom is -0.366 e. The number of carbonyl (C=O) groups excluding carboxylic acids is 1. The van der Waals surface area contributed by atoms with Gasteiger partial charge in [-0.1, -0.05) is 0 Å². The molecule has 2 rings (SSSR count). The molecule has 2 aromatic rings. The zero-order valence-corrected chi connectivity index (χ0v) is 7.07. The summed E-state index contributed by atoms with van der Waals surface area (Å²) in [4.78, 5) is 18.6. The van der Waals surface area contributed by atoms with Crippen molar-refractivity contribution in [3.05, 3.63) is 35.9 Å². The van der Waals surface area contributed by atoms with Crippen molar-refractivity contribution >= 4 is 16.9 Å². The number of halogens is 1. The maximum atomic E-state index is 12.8. The van der Waals surface area contributed by atoms with Crippen LogP contribution in [0.3, 0.4) is 0 Å². The number of fused-ring (bicyclic) bond motifs is 1. The number of aromatic nitrogens is 2. The monoisotopic (exact) mass is 191 g/mol. The molecule has 0 aliphatic carbocycles. The van der Waals surface area contributed by atoms with Gasteiger partial charge in [0.25, 0.3) is 5.91 Å². The lowest BCUT2D eigenvalue weighted by Gasteiger charge is -2.00. The Kier molecular flexibility index (Phi) is 1.85. The molecule has 5 heteroatoms. The highest BCUT2D eigenvalue weighted by atomic mass is 19.1. The van der Waals surface area contributed by atoms with Gasteiger partial charge in [-0.25, -0.2) is 4.39 Å². The average molecular weight is 191 g/mol. The van der Waals surface area contributed by atoms with Crippen LogP contribution in [0.4, 0.5) is 4.39 Å². The van der Waals surface area contributed by atoms with Gasteiger partial charge in [0, 0.05) is 12.3 Å². The van der Waals surface area contributed by atoms with E-state index in [1.54, 1.807) is 0 Å². The molecular formula is C9H6FN3O. The fraction of sp³-hybridized carbons (Fsp3) is 0. The summed E-state index contributed by atoms with van der Waals surface area (Å²) in [6.45, 7) is 0. The van der Waals surface area contributed by atoms with Crippen molar-refractivity contribution < 1.29 is 9.18 Å². The summed E-state index contributed by atoms with van der Waals surface area (Å²) >= 11 is 0. The van der Waals surface area contributed by atoms with Crippen LogP contribution < -0.4 is 5.73 Å². The molecule has 0 saturated heterocycles. The predicted octanol–water partition coefficient (Wildman–Crippen LogP) is 0.868. The van der Waals surface area contributed by atoms with E-state index in [9.17, 15) is 9.18 Å². The number of carbonyl (C=O) groups is 1. The van der Waals surface area contributed by atoms with Crippen LogP contribution in [0.2, 0.25) is 0 Å². The summed E-state index contributed by atoms with van der Waals surface area (Å²) in [7, 11) is 0. The zero-order valence-electron chi connectivity index (χ0n) is 7.07. The highest BCUT2D eigenvalue weighted by Crippen LogP contribution is 2.13. The fourth-order valence-corrected chi connectivity index (χ4v) is 1.20. The van der Waals surface area contributed by atoms with E-state index in [1.165, 1.54) is 18.3 Å². The van der Waals surface area contributed by atoms with E-state index in [0.717, 1.165) is 6.20 Å². The first-order valence-electron chi connectivity index (χ1n) is 3.88. The molecule has 0 aliphatic heterocycles. The maximum Gasteiger partial charge on any atom is 0.251 e. The highest BCUT2D eigenvalue weighted by molar-refractivity contribution is 6.03. The van der Waals surface area contributed by atoms with E-state index in [-0.39, 0.29) is 5.56 Å². The summed E-state index contributed by atoms with van der Waals surface area (Å²) in [6, 6.07) is 2.66. The Hall–Kier alpha value is -2.04. The largest absolute Gasteiger partial charge is 0.366 e. The van der Waals surface area contributed by atoms with Gasteiger partial charge >= 0.3 is 0 Å². The van der Waals surface area contributed by atoms with Gasteiger partial charge in [0.15, 0.2) is 0 Å². The molecule has 0 spiro atoms. The summed E-state index contributed by atoms with van der Waals surface area (Å²) in [5.41, 5.74) is 6.00. The van der Waals surface area contributed by atoms with Gasteiger partial charge in [0.1, 0.15) is 11.3 Å². The second kappa shape index (κ2) is 3.02. The summed E-state index contributed by atoms with van der Waals surface area (Å²) in [5.74, 6) is -1.09. The van der Waals surface area contributed by atoms with E-state index in [1.807, 2.05) is 0 Å². The molecule has 70 valence electrons. The Balaban J connectivity index is 2.81. The van der Waals surface area contributed by atoms with Gasteiger partial charge in [-0.05, 0) is 6.07 Å². The zero-order chi connectivity index (χ0) is 10.1. The minimum atomic E-state index is -0.600. The van der Waals surface area contributed by atoms with Crippen LogP contribution >= 0.6 is 0 Å². The molecule has 0 aromatic carbocycles. The number of nitrogens with two attached hydrogens (primary N) is 1. The first-order chi connectivity index (χ1) is 6.68. The Morgan fingerprint density at radius 1 is 1.43 bits per heavy atom. The van der Waals surface area contributed by atoms with Crippen molar-refractivity contribution in [1.29, 1.82) is 0 Å². The van der Waals surface area contributed by atoms with E-state index < -0.39 is 11.7 Å². The van der Waals surface area contributed by atoms with Gasteiger partial charge in [-0.3, -0.25) is 14.8 Å². The number of hydrogen-bond acceptors (Lipinski definition) is 3. The van der Waals surface area contributed by atoms with E-state index >= 15 is 0 Å².